The molecule has 1 N–H and O–H groups in total. The van der Waals surface area contributed by atoms with Gasteiger partial charge in [-0.3, -0.25) is 4.79 Å². The molecule has 7 nitrogen and oxygen atoms in total. The second kappa shape index (κ2) is 5.66. The first-order valence-electron chi connectivity index (χ1n) is 6.52. The van der Waals surface area contributed by atoms with Crippen LogP contribution < -0.4 is 10.1 Å². The Kier molecular flexibility index (Phi) is 3.55. The van der Waals surface area contributed by atoms with Crippen LogP contribution in [0.1, 0.15) is 16.2 Å². The van der Waals surface area contributed by atoms with E-state index in [0.29, 0.717) is 30.4 Å². The fraction of sp³-hybridized carbons (Fsp3) is 0.214. The Labute approximate surface area is 120 Å². The lowest BCUT2D eigenvalue weighted by Crippen LogP contribution is -2.29. The summed E-state index contributed by atoms with van der Waals surface area (Å²) in [7, 11) is 0. The van der Waals surface area contributed by atoms with E-state index >= 15 is 0 Å². The quantitative estimate of drug-likeness (QED) is 0.718. The molecular formula is C14H14N4O3. The van der Waals surface area contributed by atoms with Crippen LogP contribution in [0.2, 0.25) is 0 Å². The SMILES string of the molecule is Cc1nonc1OCCNC(=O)c1ccc2ccccn12. The molecule has 21 heavy (non-hydrogen) atoms. The van der Waals surface area contributed by atoms with Crippen molar-refractivity contribution < 1.29 is 14.2 Å². The lowest BCUT2D eigenvalue weighted by atomic mass is 10.4. The number of ether oxygens (including phenoxy) is 1. The standard InChI is InChI=1S/C14H14N4O3/c1-10-14(17-21-16-10)20-9-7-15-13(19)12-6-5-11-4-2-3-8-18(11)12/h2-6,8H,7,9H2,1H3,(H,15,19). The summed E-state index contributed by atoms with van der Waals surface area (Å²) in [5.74, 6) is 0.192. The van der Waals surface area contributed by atoms with E-state index in [4.69, 9.17) is 4.74 Å². The molecule has 7 heteroatoms. The third kappa shape index (κ3) is 2.71. The fourth-order valence-corrected chi connectivity index (χ4v) is 2.00. The maximum atomic E-state index is 12.1. The molecule has 0 aliphatic heterocycles. The molecule has 0 aromatic carbocycles. The first-order valence-corrected chi connectivity index (χ1v) is 6.52. The van der Waals surface area contributed by atoms with Gasteiger partial charge in [0, 0.05) is 11.7 Å². The van der Waals surface area contributed by atoms with E-state index in [-0.39, 0.29) is 5.91 Å². The lowest BCUT2D eigenvalue weighted by Gasteiger charge is -2.06. The highest BCUT2D eigenvalue weighted by Crippen LogP contribution is 2.10. The smallest absolute Gasteiger partial charge is 0.278 e. The van der Waals surface area contributed by atoms with Crippen molar-refractivity contribution in [2.75, 3.05) is 13.2 Å². The van der Waals surface area contributed by atoms with Crippen LogP contribution >= 0.6 is 0 Å². The molecule has 0 radical (unpaired) electrons. The summed E-state index contributed by atoms with van der Waals surface area (Å²) in [6.07, 6.45) is 1.85. The van der Waals surface area contributed by atoms with Crippen molar-refractivity contribution in [3.8, 4) is 5.88 Å². The van der Waals surface area contributed by atoms with E-state index in [1.54, 1.807) is 13.0 Å². The molecule has 0 fully saturated rings. The van der Waals surface area contributed by atoms with Crippen molar-refractivity contribution in [2.45, 2.75) is 6.92 Å². The van der Waals surface area contributed by atoms with Gasteiger partial charge in [-0.05, 0) is 36.3 Å². The zero-order valence-corrected chi connectivity index (χ0v) is 11.4. The number of hydrogen-bond donors (Lipinski definition) is 1. The second-order valence-corrected chi connectivity index (χ2v) is 4.47. The summed E-state index contributed by atoms with van der Waals surface area (Å²) in [4.78, 5) is 12.1. The van der Waals surface area contributed by atoms with E-state index in [1.807, 2.05) is 34.9 Å². The molecule has 0 saturated carbocycles. The Bertz CT molecular complexity index is 762. The zero-order valence-electron chi connectivity index (χ0n) is 11.4. The largest absolute Gasteiger partial charge is 0.472 e. The van der Waals surface area contributed by atoms with Crippen LogP contribution in [0.25, 0.3) is 5.52 Å². The van der Waals surface area contributed by atoms with Crippen LogP contribution in [0.4, 0.5) is 0 Å². The first kappa shape index (κ1) is 13.2. The predicted octanol–water partition coefficient (Wildman–Crippen LogP) is 1.44. The summed E-state index contributed by atoms with van der Waals surface area (Å²) in [6, 6.07) is 9.44. The van der Waals surface area contributed by atoms with Gasteiger partial charge in [0.1, 0.15) is 18.0 Å². The fourth-order valence-electron chi connectivity index (χ4n) is 2.00. The topological polar surface area (TPSA) is 81.7 Å². The molecule has 0 unspecified atom stereocenters. The molecule has 108 valence electrons. The van der Waals surface area contributed by atoms with Crippen LogP contribution in [0.3, 0.4) is 0 Å². The number of fused-ring (bicyclic) bond motifs is 1. The number of nitrogens with one attached hydrogen (secondary N) is 1. The average Bonchev–Trinajstić information content (AvgIpc) is 3.10. The van der Waals surface area contributed by atoms with Crippen molar-refractivity contribution >= 4 is 11.4 Å². The van der Waals surface area contributed by atoms with Gasteiger partial charge in [0.25, 0.3) is 11.8 Å². The predicted molar refractivity (Wildman–Crippen MR) is 74.3 cm³/mol. The van der Waals surface area contributed by atoms with Gasteiger partial charge in [-0.2, -0.15) is 0 Å². The van der Waals surface area contributed by atoms with Gasteiger partial charge in [-0.25, -0.2) is 4.63 Å². The minimum absolute atomic E-state index is 0.153. The van der Waals surface area contributed by atoms with Crippen LogP contribution in [0.15, 0.2) is 41.2 Å². The molecule has 0 aliphatic rings. The average molecular weight is 286 g/mol. The second-order valence-electron chi connectivity index (χ2n) is 4.47. The van der Waals surface area contributed by atoms with E-state index in [1.165, 1.54) is 0 Å². The van der Waals surface area contributed by atoms with Gasteiger partial charge in [-0.15, -0.1) is 0 Å². The Hall–Kier alpha value is -2.83. The van der Waals surface area contributed by atoms with Gasteiger partial charge in [0.15, 0.2) is 0 Å². The third-order valence-corrected chi connectivity index (χ3v) is 3.03. The van der Waals surface area contributed by atoms with Gasteiger partial charge in [-0.1, -0.05) is 11.2 Å². The number of pyridine rings is 1. The molecule has 3 rings (SSSR count). The van der Waals surface area contributed by atoms with Crippen LogP contribution in [0.5, 0.6) is 5.88 Å². The molecule has 0 spiro atoms. The molecule has 3 aromatic heterocycles. The van der Waals surface area contributed by atoms with Crippen molar-refractivity contribution in [1.29, 1.82) is 0 Å². The van der Waals surface area contributed by atoms with Crippen LogP contribution in [-0.4, -0.2) is 33.8 Å². The van der Waals surface area contributed by atoms with Gasteiger partial charge >= 0.3 is 0 Å². The number of carbonyl (C=O) groups excluding carboxylic acids is 1. The van der Waals surface area contributed by atoms with Crippen molar-refractivity contribution in [3.05, 3.63) is 47.9 Å². The number of hydrogen-bond acceptors (Lipinski definition) is 5. The number of aryl methyl sites for hydroxylation is 1. The molecule has 1 amide bonds. The molecular weight excluding hydrogens is 272 g/mol. The van der Waals surface area contributed by atoms with E-state index in [2.05, 4.69) is 20.3 Å². The monoisotopic (exact) mass is 286 g/mol. The molecule has 3 heterocycles. The van der Waals surface area contributed by atoms with E-state index in [9.17, 15) is 4.79 Å². The van der Waals surface area contributed by atoms with Gasteiger partial charge in [0.2, 0.25) is 0 Å². The van der Waals surface area contributed by atoms with Gasteiger partial charge < -0.3 is 14.5 Å². The highest BCUT2D eigenvalue weighted by molar-refractivity contribution is 5.93. The summed E-state index contributed by atoms with van der Waals surface area (Å²) in [5.41, 5.74) is 2.15. The maximum absolute atomic E-state index is 12.1. The highest BCUT2D eigenvalue weighted by Gasteiger charge is 2.10. The maximum Gasteiger partial charge on any atom is 0.278 e. The Morgan fingerprint density at radius 3 is 3.05 bits per heavy atom. The molecule has 0 saturated heterocycles. The summed E-state index contributed by atoms with van der Waals surface area (Å²) >= 11 is 0. The minimum Gasteiger partial charge on any atom is -0.472 e. The van der Waals surface area contributed by atoms with E-state index < -0.39 is 0 Å². The number of carbonyl (C=O) groups is 1. The van der Waals surface area contributed by atoms with Gasteiger partial charge in [0.05, 0.1) is 6.54 Å². The lowest BCUT2D eigenvalue weighted by molar-refractivity contribution is 0.0940. The summed E-state index contributed by atoms with van der Waals surface area (Å²) in [6.45, 7) is 2.40. The normalized spacial score (nSPS) is 10.7. The number of nitrogens with zero attached hydrogens (tertiary/aromatic N) is 3. The third-order valence-electron chi connectivity index (χ3n) is 3.03. The number of aromatic nitrogens is 3. The number of rotatable bonds is 5. The minimum atomic E-state index is -0.153. The van der Waals surface area contributed by atoms with Crippen LogP contribution in [-0.2, 0) is 0 Å². The first-order chi connectivity index (χ1) is 10.3. The Morgan fingerprint density at radius 1 is 1.33 bits per heavy atom. The Morgan fingerprint density at radius 2 is 2.24 bits per heavy atom. The van der Waals surface area contributed by atoms with Crippen molar-refractivity contribution in [2.24, 2.45) is 0 Å². The Balaban J connectivity index is 1.56. The summed E-state index contributed by atoms with van der Waals surface area (Å²) in [5, 5.41) is 10.00. The highest BCUT2D eigenvalue weighted by atomic mass is 16.6. The zero-order chi connectivity index (χ0) is 14.7. The molecule has 0 atom stereocenters. The van der Waals surface area contributed by atoms with Crippen molar-refractivity contribution in [1.82, 2.24) is 20.0 Å². The molecule has 0 bridgehead atoms. The summed E-state index contributed by atoms with van der Waals surface area (Å²) < 4.78 is 11.7. The van der Waals surface area contributed by atoms with Crippen LogP contribution in [0, 0.1) is 6.92 Å². The van der Waals surface area contributed by atoms with E-state index in [0.717, 1.165) is 5.52 Å². The molecule has 3 aromatic rings. The molecule has 0 aliphatic carbocycles. The number of amides is 1. The van der Waals surface area contributed by atoms with Crippen molar-refractivity contribution in [3.63, 3.8) is 0 Å².